The van der Waals surface area contributed by atoms with Crippen LogP contribution in [0, 0.1) is 0 Å². The molecule has 0 bridgehead atoms. The average Bonchev–Trinajstić information content (AvgIpc) is 2.24. The zero-order chi connectivity index (χ0) is 9.64. The number of halogens is 2. The topological polar surface area (TPSA) is 34.1 Å². The number of hydrogen-bond donors (Lipinski definition) is 0. The molecule has 5 heteroatoms. The monoisotopic (exact) mass is 234 g/mol. The van der Waals surface area contributed by atoms with E-state index in [4.69, 9.17) is 23.2 Å². The SMILES string of the molecule is O=S1(=O)C=C(Cl)c2c(Cl)cccc21. The fraction of sp³-hybridized carbons (Fsp3) is 0. The van der Waals surface area contributed by atoms with E-state index in [1.54, 1.807) is 12.1 Å². The summed E-state index contributed by atoms with van der Waals surface area (Å²) in [4.78, 5) is 0.185. The van der Waals surface area contributed by atoms with Crippen LogP contribution in [0.15, 0.2) is 28.5 Å². The van der Waals surface area contributed by atoms with Crippen molar-refractivity contribution in [3.8, 4) is 0 Å². The maximum Gasteiger partial charge on any atom is 0.201 e. The van der Waals surface area contributed by atoms with Crippen LogP contribution >= 0.6 is 23.2 Å². The molecule has 13 heavy (non-hydrogen) atoms. The standard InChI is InChI=1S/C8H4Cl2O2S/c9-5-2-1-3-7-8(5)6(10)4-13(7,11)12/h1-4H. The Kier molecular flexibility index (Phi) is 1.91. The van der Waals surface area contributed by atoms with Crippen LogP contribution in [0.1, 0.15) is 5.56 Å². The van der Waals surface area contributed by atoms with E-state index in [0.29, 0.717) is 10.6 Å². The highest BCUT2D eigenvalue weighted by atomic mass is 35.5. The Hall–Kier alpha value is -0.510. The molecule has 1 aromatic carbocycles. The molecule has 0 aromatic heterocycles. The minimum absolute atomic E-state index is 0.181. The summed E-state index contributed by atoms with van der Waals surface area (Å²) in [6, 6.07) is 4.68. The van der Waals surface area contributed by atoms with Gasteiger partial charge in [-0.2, -0.15) is 0 Å². The van der Waals surface area contributed by atoms with Crippen molar-refractivity contribution >= 4 is 38.1 Å². The van der Waals surface area contributed by atoms with Crippen LogP contribution in [-0.2, 0) is 9.84 Å². The summed E-state index contributed by atoms with van der Waals surface area (Å²) >= 11 is 11.5. The lowest BCUT2D eigenvalue weighted by atomic mass is 10.2. The summed E-state index contributed by atoms with van der Waals surface area (Å²) in [5, 5.41) is 1.56. The van der Waals surface area contributed by atoms with Gasteiger partial charge in [0, 0.05) is 5.56 Å². The van der Waals surface area contributed by atoms with Crippen LogP contribution in [0.3, 0.4) is 0 Å². The molecule has 0 fully saturated rings. The summed E-state index contributed by atoms with van der Waals surface area (Å²) in [6.45, 7) is 0. The highest BCUT2D eigenvalue weighted by Crippen LogP contribution is 2.39. The molecule has 0 amide bonds. The highest BCUT2D eigenvalue weighted by Gasteiger charge is 2.27. The van der Waals surface area contributed by atoms with Crippen molar-refractivity contribution < 1.29 is 8.42 Å². The quantitative estimate of drug-likeness (QED) is 0.692. The smallest absolute Gasteiger partial charge is 0.201 e. The highest BCUT2D eigenvalue weighted by molar-refractivity contribution is 7.95. The predicted molar refractivity (Wildman–Crippen MR) is 52.5 cm³/mol. The van der Waals surface area contributed by atoms with Crippen LogP contribution in [0.25, 0.3) is 5.03 Å². The first kappa shape index (κ1) is 9.06. The molecule has 0 saturated heterocycles. The average molecular weight is 235 g/mol. The molecule has 1 aliphatic rings. The van der Waals surface area contributed by atoms with Gasteiger partial charge in [-0.25, -0.2) is 8.42 Å². The molecule has 1 aromatic rings. The molecule has 1 heterocycles. The Morgan fingerprint density at radius 3 is 2.46 bits per heavy atom. The van der Waals surface area contributed by atoms with Crippen molar-refractivity contribution in [2.45, 2.75) is 4.90 Å². The van der Waals surface area contributed by atoms with Gasteiger partial charge in [0.15, 0.2) is 0 Å². The van der Waals surface area contributed by atoms with E-state index in [1.807, 2.05) is 0 Å². The molecule has 2 nitrogen and oxygen atoms in total. The van der Waals surface area contributed by atoms with Gasteiger partial charge in [0.25, 0.3) is 0 Å². The molecular formula is C8H4Cl2O2S. The molecular weight excluding hydrogens is 231 g/mol. The van der Waals surface area contributed by atoms with Gasteiger partial charge in [0.1, 0.15) is 0 Å². The fourth-order valence-corrected chi connectivity index (χ4v) is 3.51. The molecule has 0 aliphatic carbocycles. The van der Waals surface area contributed by atoms with E-state index < -0.39 is 9.84 Å². The normalized spacial score (nSPS) is 18.2. The van der Waals surface area contributed by atoms with Crippen molar-refractivity contribution in [3.63, 3.8) is 0 Å². The Labute approximate surface area is 85.7 Å². The molecule has 0 unspecified atom stereocenters. The lowest BCUT2D eigenvalue weighted by molar-refractivity contribution is 0.605. The third-order valence-corrected chi connectivity index (χ3v) is 4.02. The van der Waals surface area contributed by atoms with Crippen molar-refractivity contribution in [2.24, 2.45) is 0 Å². The maximum atomic E-state index is 11.4. The molecule has 68 valence electrons. The second-order valence-electron chi connectivity index (χ2n) is 2.62. The van der Waals surface area contributed by atoms with Gasteiger partial charge < -0.3 is 0 Å². The van der Waals surface area contributed by atoms with Gasteiger partial charge in [-0.3, -0.25) is 0 Å². The number of hydrogen-bond acceptors (Lipinski definition) is 2. The van der Waals surface area contributed by atoms with Crippen LogP contribution in [-0.4, -0.2) is 8.42 Å². The second-order valence-corrected chi connectivity index (χ2v) is 5.20. The Balaban J connectivity index is 2.90. The van der Waals surface area contributed by atoms with Gasteiger partial charge in [-0.1, -0.05) is 29.3 Å². The van der Waals surface area contributed by atoms with E-state index in [2.05, 4.69) is 0 Å². The predicted octanol–water partition coefficient (Wildman–Crippen LogP) is 2.66. The molecule has 0 N–H and O–H groups in total. The summed E-state index contributed by atoms with van der Waals surface area (Å²) in [6.07, 6.45) is 0. The first-order valence-electron chi connectivity index (χ1n) is 3.43. The number of rotatable bonds is 0. The lowest BCUT2D eigenvalue weighted by Gasteiger charge is -2.00. The van der Waals surface area contributed by atoms with Crippen molar-refractivity contribution in [3.05, 3.63) is 34.2 Å². The van der Waals surface area contributed by atoms with Crippen molar-refractivity contribution in [1.29, 1.82) is 0 Å². The molecule has 0 atom stereocenters. The van der Waals surface area contributed by atoms with Gasteiger partial charge in [0.2, 0.25) is 9.84 Å². The van der Waals surface area contributed by atoms with Crippen molar-refractivity contribution in [2.75, 3.05) is 0 Å². The van der Waals surface area contributed by atoms with E-state index in [9.17, 15) is 8.42 Å². The van der Waals surface area contributed by atoms with Crippen LogP contribution in [0.4, 0.5) is 0 Å². The third-order valence-electron chi connectivity index (χ3n) is 1.78. The summed E-state index contributed by atoms with van der Waals surface area (Å²) < 4.78 is 22.8. The zero-order valence-corrected chi connectivity index (χ0v) is 8.62. The summed E-state index contributed by atoms with van der Waals surface area (Å²) in [7, 11) is -3.36. The van der Waals surface area contributed by atoms with E-state index in [1.165, 1.54) is 6.07 Å². The largest absolute Gasteiger partial charge is 0.219 e. The fourth-order valence-electron chi connectivity index (χ4n) is 1.23. The van der Waals surface area contributed by atoms with Gasteiger partial charge >= 0.3 is 0 Å². The molecule has 2 rings (SSSR count). The van der Waals surface area contributed by atoms with E-state index in [-0.39, 0.29) is 9.93 Å². The number of sulfone groups is 1. The molecule has 1 aliphatic heterocycles. The third kappa shape index (κ3) is 1.27. The Morgan fingerprint density at radius 2 is 1.85 bits per heavy atom. The zero-order valence-electron chi connectivity index (χ0n) is 6.29. The van der Waals surface area contributed by atoms with Crippen LogP contribution < -0.4 is 0 Å². The minimum Gasteiger partial charge on any atom is -0.219 e. The molecule has 0 radical (unpaired) electrons. The van der Waals surface area contributed by atoms with Gasteiger partial charge in [0.05, 0.1) is 20.4 Å². The summed E-state index contributed by atoms with van der Waals surface area (Å²) in [5.74, 6) is 0. The van der Waals surface area contributed by atoms with Gasteiger partial charge in [-0.05, 0) is 12.1 Å². The van der Waals surface area contributed by atoms with E-state index >= 15 is 0 Å². The lowest BCUT2D eigenvalue weighted by Crippen LogP contribution is -1.92. The minimum atomic E-state index is -3.36. The van der Waals surface area contributed by atoms with Crippen LogP contribution in [0.5, 0.6) is 0 Å². The Morgan fingerprint density at radius 1 is 1.15 bits per heavy atom. The molecule has 0 saturated carbocycles. The molecule has 0 spiro atoms. The van der Waals surface area contributed by atoms with Crippen LogP contribution in [0.2, 0.25) is 5.02 Å². The number of benzene rings is 1. The maximum absolute atomic E-state index is 11.4. The van der Waals surface area contributed by atoms with E-state index in [0.717, 1.165) is 5.41 Å². The Bertz CT molecular complexity index is 503. The summed E-state index contributed by atoms with van der Waals surface area (Å²) in [5.41, 5.74) is 0.408. The number of fused-ring (bicyclic) bond motifs is 1. The first-order chi connectivity index (χ1) is 6.02. The first-order valence-corrected chi connectivity index (χ1v) is 5.74. The van der Waals surface area contributed by atoms with Gasteiger partial charge in [-0.15, -0.1) is 0 Å². The van der Waals surface area contributed by atoms with Crippen molar-refractivity contribution in [1.82, 2.24) is 0 Å². The second kappa shape index (κ2) is 2.74.